The lowest BCUT2D eigenvalue weighted by molar-refractivity contribution is 0.296. The van der Waals surface area contributed by atoms with Gasteiger partial charge in [0, 0.05) is 18.7 Å². The van der Waals surface area contributed by atoms with Crippen LogP contribution in [0.5, 0.6) is 0 Å². The zero-order valence-electron chi connectivity index (χ0n) is 13.1. The summed E-state index contributed by atoms with van der Waals surface area (Å²) in [5.74, 6) is 6.84. The smallest absolute Gasteiger partial charge is 0.0640 e. The molecule has 0 aliphatic rings. The topological polar surface area (TPSA) is 55.9 Å². The molecule has 0 aliphatic carbocycles. The van der Waals surface area contributed by atoms with Crippen molar-refractivity contribution in [3.63, 3.8) is 0 Å². The second kappa shape index (κ2) is 7.65. The monoisotopic (exact) mass is 266 g/mol. The molecule has 0 spiro atoms. The zero-order valence-corrected chi connectivity index (χ0v) is 13.1. The Hall–Kier alpha value is -0.870. The molecule has 2 atom stereocenters. The lowest BCUT2D eigenvalue weighted by Gasteiger charge is -2.25. The van der Waals surface area contributed by atoms with Crippen molar-refractivity contribution in [3.8, 4) is 0 Å². The molecule has 1 aromatic heterocycles. The first-order chi connectivity index (χ1) is 9.03. The Labute approximate surface area is 117 Å². The molecule has 110 valence electrons. The molecule has 1 aromatic rings. The van der Waals surface area contributed by atoms with Crippen LogP contribution in [-0.2, 0) is 6.42 Å². The minimum Gasteiger partial charge on any atom is -0.271 e. The van der Waals surface area contributed by atoms with E-state index in [9.17, 15) is 0 Å². The van der Waals surface area contributed by atoms with Crippen molar-refractivity contribution in [2.24, 2.45) is 17.7 Å². The molecule has 4 heteroatoms. The second-order valence-corrected chi connectivity index (χ2v) is 5.84. The maximum absolute atomic E-state index is 5.69. The van der Waals surface area contributed by atoms with Gasteiger partial charge in [-0.3, -0.25) is 16.0 Å². The molecule has 4 nitrogen and oxygen atoms in total. The van der Waals surface area contributed by atoms with E-state index in [4.69, 9.17) is 10.9 Å². The van der Waals surface area contributed by atoms with E-state index in [0.29, 0.717) is 17.9 Å². The molecule has 0 saturated heterocycles. The first-order valence-electron chi connectivity index (χ1n) is 7.53. The van der Waals surface area contributed by atoms with E-state index in [0.717, 1.165) is 25.0 Å². The molecule has 2 unspecified atom stereocenters. The van der Waals surface area contributed by atoms with Crippen LogP contribution >= 0.6 is 0 Å². The highest BCUT2D eigenvalue weighted by molar-refractivity contribution is 5.03. The lowest BCUT2D eigenvalue weighted by atomic mass is 9.88. The van der Waals surface area contributed by atoms with Gasteiger partial charge in [-0.15, -0.1) is 0 Å². The fraction of sp³-hybridized carbons (Fsp3) is 0.800. The van der Waals surface area contributed by atoms with Crippen LogP contribution in [0.4, 0.5) is 0 Å². The van der Waals surface area contributed by atoms with E-state index < -0.39 is 0 Å². The number of aromatic nitrogens is 2. The summed E-state index contributed by atoms with van der Waals surface area (Å²) in [6.07, 6.45) is 5.24. The maximum Gasteiger partial charge on any atom is 0.0640 e. The summed E-state index contributed by atoms with van der Waals surface area (Å²) >= 11 is 0. The summed E-state index contributed by atoms with van der Waals surface area (Å²) < 4.78 is 2.10. The minimum atomic E-state index is 0.282. The normalized spacial score (nSPS) is 15.2. The van der Waals surface area contributed by atoms with Crippen LogP contribution in [0.3, 0.4) is 0 Å². The average Bonchev–Trinajstić information content (AvgIpc) is 2.85. The molecule has 19 heavy (non-hydrogen) atoms. The number of hydrogen-bond acceptors (Lipinski definition) is 3. The quantitative estimate of drug-likeness (QED) is 0.562. The van der Waals surface area contributed by atoms with E-state index in [1.807, 2.05) is 0 Å². The molecule has 0 fully saturated rings. The summed E-state index contributed by atoms with van der Waals surface area (Å²) in [4.78, 5) is 0. The molecule has 0 amide bonds. The predicted molar refractivity (Wildman–Crippen MR) is 80.7 cm³/mol. The first-order valence-corrected chi connectivity index (χ1v) is 7.53. The van der Waals surface area contributed by atoms with Gasteiger partial charge in [0.1, 0.15) is 0 Å². The third kappa shape index (κ3) is 4.32. The zero-order chi connectivity index (χ0) is 14.4. The summed E-state index contributed by atoms with van der Waals surface area (Å²) in [5.41, 5.74) is 4.08. The Bertz CT molecular complexity index is 355. The van der Waals surface area contributed by atoms with Crippen molar-refractivity contribution >= 4 is 0 Å². The molecular weight excluding hydrogens is 236 g/mol. The van der Waals surface area contributed by atoms with Gasteiger partial charge in [-0.05, 0) is 30.7 Å². The molecule has 1 rings (SSSR count). The van der Waals surface area contributed by atoms with E-state index in [1.165, 1.54) is 0 Å². The van der Waals surface area contributed by atoms with Gasteiger partial charge in [0.05, 0.1) is 11.7 Å². The maximum atomic E-state index is 5.69. The number of hydrazine groups is 1. The van der Waals surface area contributed by atoms with Gasteiger partial charge in [-0.25, -0.2) is 0 Å². The number of nitrogens with zero attached hydrogens (tertiary/aromatic N) is 2. The standard InChI is InChI=1S/C15H30N4/c1-6-14(7-2)19-9-8-13(18-19)10-15(17-16)12(5)11(3)4/h8-9,11-12,14-15,17H,6-7,10,16H2,1-5H3. The van der Waals surface area contributed by atoms with Crippen LogP contribution in [0.15, 0.2) is 12.3 Å². The van der Waals surface area contributed by atoms with Crippen molar-refractivity contribution in [2.75, 3.05) is 0 Å². The fourth-order valence-corrected chi connectivity index (χ4v) is 2.44. The predicted octanol–water partition coefficient (Wildman–Crippen LogP) is 2.91. The van der Waals surface area contributed by atoms with Gasteiger partial charge in [0.25, 0.3) is 0 Å². The Morgan fingerprint density at radius 3 is 2.37 bits per heavy atom. The van der Waals surface area contributed by atoms with E-state index in [1.54, 1.807) is 0 Å². The highest BCUT2D eigenvalue weighted by atomic mass is 15.3. The van der Waals surface area contributed by atoms with Gasteiger partial charge in [0.15, 0.2) is 0 Å². The lowest BCUT2D eigenvalue weighted by Crippen LogP contribution is -2.43. The van der Waals surface area contributed by atoms with Gasteiger partial charge in [0.2, 0.25) is 0 Å². The second-order valence-electron chi connectivity index (χ2n) is 5.84. The highest BCUT2D eigenvalue weighted by Gasteiger charge is 2.20. The van der Waals surface area contributed by atoms with Crippen LogP contribution in [0.25, 0.3) is 0 Å². The molecule has 0 bridgehead atoms. The third-order valence-electron chi connectivity index (χ3n) is 4.31. The summed E-state index contributed by atoms with van der Waals surface area (Å²) in [5, 5.41) is 4.70. The fourth-order valence-electron chi connectivity index (χ4n) is 2.44. The number of nitrogens with two attached hydrogens (primary N) is 1. The van der Waals surface area contributed by atoms with Crippen molar-refractivity contribution < 1.29 is 0 Å². The molecule has 0 radical (unpaired) electrons. The van der Waals surface area contributed by atoms with E-state index in [-0.39, 0.29) is 6.04 Å². The van der Waals surface area contributed by atoms with Crippen molar-refractivity contribution in [1.29, 1.82) is 0 Å². The molecule has 1 heterocycles. The minimum absolute atomic E-state index is 0.282. The van der Waals surface area contributed by atoms with Gasteiger partial charge in [-0.2, -0.15) is 5.10 Å². The molecule has 0 aromatic carbocycles. The van der Waals surface area contributed by atoms with Gasteiger partial charge in [-0.1, -0.05) is 34.6 Å². The number of rotatable bonds is 8. The summed E-state index contributed by atoms with van der Waals surface area (Å²) in [7, 11) is 0. The number of hydrogen-bond donors (Lipinski definition) is 2. The van der Waals surface area contributed by atoms with Crippen molar-refractivity contribution in [3.05, 3.63) is 18.0 Å². The SMILES string of the molecule is CCC(CC)n1ccc(CC(NN)C(C)C(C)C)n1. The largest absolute Gasteiger partial charge is 0.271 e. The Kier molecular flexibility index (Phi) is 6.52. The van der Waals surface area contributed by atoms with Gasteiger partial charge >= 0.3 is 0 Å². The van der Waals surface area contributed by atoms with Gasteiger partial charge < -0.3 is 0 Å². The average molecular weight is 266 g/mol. The third-order valence-corrected chi connectivity index (χ3v) is 4.31. The van der Waals surface area contributed by atoms with Crippen LogP contribution in [0.2, 0.25) is 0 Å². The van der Waals surface area contributed by atoms with Crippen molar-refractivity contribution in [2.45, 2.75) is 66.0 Å². The van der Waals surface area contributed by atoms with E-state index in [2.05, 4.69) is 57.0 Å². The molecule has 0 aliphatic heterocycles. The first kappa shape index (κ1) is 16.2. The molecule has 3 N–H and O–H groups in total. The Morgan fingerprint density at radius 2 is 1.89 bits per heavy atom. The van der Waals surface area contributed by atoms with Crippen molar-refractivity contribution in [1.82, 2.24) is 15.2 Å². The number of nitrogens with one attached hydrogen (secondary N) is 1. The van der Waals surface area contributed by atoms with E-state index >= 15 is 0 Å². The molecule has 0 saturated carbocycles. The van der Waals surface area contributed by atoms with Crippen LogP contribution in [-0.4, -0.2) is 15.8 Å². The van der Waals surface area contributed by atoms with Crippen LogP contribution < -0.4 is 11.3 Å². The Balaban J connectivity index is 2.71. The van der Waals surface area contributed by atoms with Crippen LogP contribution in [0, 0.1) is 11.8 Å². The van der Waals surface area contributed by atoms with Crippen LogP contribution in [0.1, 0.15) is 59.2 Å². The molecular formula is C15H30N4. The summed E-state index contributed by atoms with van der Waals surface area (Å²) in [6, 6.07) is 2.92. The highest BCUT2D eigenvalue weighted by Crippen LogP contribution is 2.19. The Morgan fingerprint density at radius 1 is 1.26 bits per heavy atom. The summed E-state index contributed by atoms with van der Waals surface area (Å²) in [6.45, 7) is 11.1.